The number of rotatable bonds is 9. The van der Waals surface area contributed by atoms with Gasteiger partial charge in [-0.1, -0.05) is 6.07 Å². The maximum atomic E-state index is 14.9. The molecule has 0 saturated heterocycles. The Morgan fingerprint density at radius 3 is 2.28 bits per heavy atom. The molecular weight excluding hydrogens is 644 g/mol. The highest BCUT2D eigenvalue weighted by Gasteiger charge is 2.48. The van der Waals surface area contributed by atoms with Gasteiger partial charge in [-0.05, 0) is 63.3 Å². The van der Waals surface area contributed by atoms with Crippen LogP contribution in [0.15, 0.2) is 41.3 Å². The van der Waals surface area contributed by atoms with Crippen molar-refractivity contribution < 1.29 is 65.2 Å². The minimum atomic E-state index is -5.72. The number of carboxylic acids is 1. The zero-order valence-corrected chi connectivity index (χ0v) is 25.3. The van der Waals surface area contributed by atoms with Crippen LogP contribution in [0, 0.1) is 17.2 Å². The number of carbonyl (C=O) groups is 3. The predicted molar refractivity (Wildman–Crippen MR) is 151 cm³/mol. The first-order chi connectivity index (χ1) is 21.4. The normalized spacial score (nSPS) is 26.7. The topological polar surface area (TPSA) is 189 Å². The third kappa shape index (κ3) is 7.05. The molecule has 0 bridgehead atoms. The Balaban J connectivity index is 1.52. The van der Waals surface area contributed by atoms with Crippen molar-refractivity contribution in [2.45, 2.75) is 73.8 Å². The van der Waals surface area contributed by atoms with Gasteiger partial charge in [-0.2, -0.15) is 13.2 Å². The van der Waals surface area contributed by atoms with Crippen LogP contribution in [-0.4, -0.2) is 78.5 Å². The molecule has 2 aromatic carbocycles. The van der Waals surface area contributed by atoms with Gasteiger partial charge >= 0.3 is 11.5 Å². The molecule has 0 aliphatic heterocycles. The standard InChI is InChI=1S/C29H32F4N2O10S/c1-28(27(40)41)8-6-15(7-9-28)45-22-12-17(21(44-2)13-19(22)30)25(38)35-23-18(11-20(36)24(23)37)26(39)34-14-4-3-5-16(10-14)46(42,43)29(31,32)33/h3-5,10,12-13,15,18,20,23-24,36-37H,6-9,11H2,1-2H3,(H,34,39)(H,35,38)(H,40,41)/t15?,18-,20-,23-,24-,28?/m0/s1. The Labute approximate surface area is 260 Å². The SMILES string of the molecule is COc1cc(F)c(OC2CCC(C)(C(=O)O)CC2)cc1C(=O)N[C@@H]1[C@@H](O)[C@@H](O)C[C@@H]1C(=O)Nc1cccc(S(=O)(=O)C(F)(F)F)c1. The fourth-order valence-corrected chi connectivity index (χ4v) is 6.34. The largest absolute Gasteiger partial charge is 0.501 e. The molecule has 4 atom stereocenters. The molecule has 0 heterocycles. The zero-order valence-electron chi connectivity index (χ0n) is 24.5. The lowest BCUT2D eigenvalue weighted by molar-refractivity contribution is -0.150. The smallest absolute Gasteiger partial charge is 0.496 e. The number of benzene rings is 2. The van der Waals surface area contributed by atoms with Crippen LogP contribution < -0.4 is 20.1 Å². The van der Waals surface area contributed by atoms with Crippen molar-refractivity contribution in [2.75, 3.05) is 12.4 Å². The second-order valence-corrected chi connectivity index (χ2v) is 13.5. The second kappa shape index (κ2) is 13.0. The third-order valence-electron chi connectivity index (χ3n) is 8.39. The van der Waals surface area contributed by atoms with Gasteiger partial charge in [-0.15, -0.1) is 0 Å². The number of anilines is 1. The lowest BCUT2D eigenvalue weighted by Gasteiger charge is -2.34. The highest BCUT2D eigenvalue weighted by molar-refractivity contribution is 7.92. The van der Waals surface area contributed by atoms with E-state index in [1.807, 2.05) is 0 Å². The van der Waals surface area contributed by atoms with E-state index in [-0.39, 0.29) is 42.0 Å². The molecule has 2 saturated carbocycles. The Morgan fingerprint density at radius 2 is 1.70 bits per heavy atom. The van der Waals surface area contributed by atoms with Crippen LogP contribution in [0.5, 0.6) is 11.5 Å². The fourth-order valence-electron chi connectivity index (χ4n) is 5.53. The summed E-state index contributed by atoms with van der Waals surface area (Å²) < 4.78 is 88.4. The van der Waals surface area contributed by atoms with Crippen LogP contribution in [0.4, 0.5) is 23.2 Å². The minimum absolute atomic E-state index is 0.235. The molecule has 0 spiro atoms. The lowest BCUT2D eigenvalue weighted by atomic mass is 9.75. The van der Waals surface area contributed by atoms with Crippen LogP contribution in [0.3, 0.4) is 0 Å². The summed E-state index contributed by atoms with van der Waals surface area (Å²) in [6.07, 6.45) is -2.93. The molecule has 0 radical (unpaired) electrons. The monoisotopic (exact) mass is 676 g/mol. The molecule has 252 valence electrons. The number of carbonyl (C=O) groups excluding carboxylic acids is 2. The molecule has 17 heteroatoms. The highest BCUT2D eigenvalue weighted by atomic mass is 32.2. The van der Waals surface area contributed by atoms with Gasteiger partial charge in [0.15, 0.2) is 11.6 Å². The van der Waals surface area contributed by atoms with E-state index in [0.29, 0.717) is 25.0 Å². The average Bonchev–Trinajstić information content (AvgIpc) is 3.27. The molecule has 2 aromatic rings. The third-order valence-corrected chi connectivity index (χ3v) is 9.87. The zero-order chi connectivity index (χ0) is 34.2. The van der Waals surface area contributed by atoms with Crippen molar-refractivity contribution in [1.82, 2.24) is 5.32 Å². The van der Waals surface area contributed by atoms with E-state index >= 15 is 0 Å². The van der Waals surface area contributed by atoms with Gasteiger partial charge in [-0.25, -0.2) is 12.8 Å². The maximum absolute atomic E-state index is 14.9. The average molecular weight is 677 g/mol. The van der Waals surface area contributed by atoms with E-state index in [1.54, 1.807) is 6.92 Å². The summed E-state index contributed by atoms with van der Waals surface area (Å²) in [6.45, 7) is 1.61. The summed E-state index contributed by atoms with van der Waals surface area (Å²) in [6, 6.07) is 3.88. The van der Waals surface area contributed by atoms with E-state index in [0.717, 1.165) is 31.4 Å². The van der Waals surface area contributed by atoms with Crippen molar-refractivity contribution in [3.63, 3.8) is 0 Å². The van der Waals surface area contributed by atoms with E-state index in [9.17, 15) is 55.7 Å². The summed E-state index contributed by atoms with van der Waals surface area (Å²) >= 11 is 0. The minimum Gasteiger partial charge on any atom is -0.496 e. The number of aliphatic carboxylic acids is 1. The van der Waals surface area contributed by atoms with Crippen LogP contribution >= 0.6 is 0 Å². The molecular formula is C29H32F4N2O10S. The van der Waals surface area contributed by atoms with E-state index < -0.39 is 79.5 Å². The summed E-state index contributed by atoms with van der Waals surface area (Å²) in [5.74, 6) is -5.64. The van der Waals surface area contributed by atoms with Crippen molar-refractivity contribution in [2.24, 2.45) is 11.3 Å². The number of halogens is 4. The molecule has 2 aliphatic carbocycles. The van der Waals surface area contributed by atoms with E-state index in [4.69, 9.17) is 9.47 Å². The predicted octanol–water partition coefficient (Wildman–Crippen LogP) is 3.02. The van der Waals surface area contributed by atoms with Gasteiger partial charge in [-0.3, -0.25) is 14.4 Å². The summed E-state index contributed by atoms with van der Waals surface area (Å²) in [7, 11) is -4.56. The first-order valence-electron chi connectivity index (χ1n) is 14.0. The number of carboxylic acid groups (broad SMARTS) is 1. The van der Waals surface area contributed by atoms with Gasteiger partial charge in [0.1, 0.15) is 11.9 Å². The molecule has 5 N–H and O–H groups in total. The van der Waals surface area contributed by atoms with Crippen molar-refractivity contribution in [3.8, 4) is 11.5 Å². The molecule has 2 amide bonds. The van der Waals surface area contributed by atoms with Crippen molar-refractivity contribution >= 4 is 33.3 Å². The molecule has 2 fully saturated rings. The number of methoxy groups -OCH3 is 1. The number of hydrogen-bond acceptors (Lipinski definition) is 9. The lowest BCUT2D eigenvalue weighted by Crippen LogP contribution is -2.48. The Kier molecular flexibility index (Phi) is 9.89. The molecule has 0 aromatic heterocycles. The number of alkyl halides is 3. The molecule has 2 aliphatic rings. The number of ether oxygens (including phenoxy) is 2. The number of sulfone groups is 1. The number of aliphatic hydroxyl groups is 2. The van der Waals surface area contributed by atoms with Gasteiger partial charge in [0.2, 0.25) is 5.91 Å². The Morgan fingerprint density at radius 1 is 1.04 bits per heavy atom. The van der Waals surface area contributed by atoms with Crippen molar-refractivity contribution in [3.05, 3.63) is 47.8 Å². The summed E-state index contributed by atoms with van der Waals surface area (Å²) in [5.41, 5.74) is -7.12. The Bertz CT molecular complexity index is 1610. The molecule has 46 heavy (non-hydrogen) atoms. The second-order valence-electron chi connectivity index (χ2n) is 11.5. The highest BCUT2D eigenvalue weighted by Crippen LogP contribution is 2.39. The van der Waals surface area contributed by atoms with Crippen LogP contribution in [0.25, 0.3) is 0 Å². The van der Waals surface area contributed by atoms with E-state index in [1.165, 1.54) is 0 Å². The van der Waals surface area contributed by atoms with Gasteiger partial charge in [0.25, 0.3) is 15.7 Å². The van der Waals surface area contributed by atoms with E-state index in [2.05, 4.69) is 10.6 Å². The van der Waals surface area contributed by atoms with Crippen LogP contribution in [-0.2, 0) is 19.4 Å². The fraction of sp³-hybridized carbons (Fsp3) is 0.483. The van der Waals surface area contributed by atoms with Gasteiger partial charge in [0, 0.05) is 11.8 Å². The van der Waals surface area contributed by atoms with Crippen LogP contribution in [0.1, 0.15) is 49.4 Å². The number of nitrogens with one attached hydrogen (secondary N) is 2. The number of amides is 2. The quantitative estimate of drug-likeness (QED) is 0.247. The maximum Gasteiger partial charge on any atom is 0.501 e. The Hall–Kier alpha value is -3.96. The molecule has 4 rings (SSSR count). The van der Waals surface area contributed by atoms with Crippen molar-refractivity contribution in [1.29, 1.82) is 0 Å². The molecule has 12 nitrogen and oxygen atoms in total. The van der Waals surface area contributed by atoms with Crippen LogP contribution in [0.2, 0.25) is 0 Å². The number of aliphatic hydroxyl groups excluding tert-OH is 2. The van der Waals surface area contributed by atoms with Gasteiger partial charge in [0.05, 0.1) is 47.2 Å². The summed E-state index contributed by atoms with van der Waals surface area (Å²) in [5, 5.41) is 35.0. The first-order valence-corrected chi connectivity index (χ1v) is 15.5. The molecule has 0 unspecified atom stereocenters. The first kappa shape index (κ1) is 34.9. The van der Waals surface area contributed by atoms with Gasteiger partial charge < -0.3 is 35.4 Å². The number of hydrogen-bond donors (Lipinski definition) is 5. The summed E-state index contributed by atoms with van der Waals surface area (Å²) in [4.78, 5) is 36.9.